The van der Waals surface area contributed by atoms with Gasteiger partial charge >= 0.3 is 0 Å². The lowest BCUT2D eigenvalue weighted by Crippen LogP contribution is -2.51. The van der Waals surface area contributed by atoms with Crippen molar-refractivity contribution < 1.29 is 9.47 Å². The topological polar surface area (TPSA) is 72.1 Å². The number of rotatable bonds is 6. The highest BCUT2D eigenvalue weighted by Gasteiger charge is 2.34. The van der Waals surface area contributed by atoms with E-state index in [1.54, 1.807) is 0 Å². The molecule has 0 radical (unpaired) electrons. The lowest BCUT2D eigenvalue weighted by molar-refractivity contribution is -0.00249. The van der Waals surface area contributed by atoms with Crippen molar-refractivity contribution in [1.29, 1.82) is 0 Å². The Kier molecular flexibility index (Phi) is 6.32. The molecular weight excluding hydrogens is 340 g/mol. The predicted molar refractivity (Wildman–Crippen MR) is 110 cm³/mol. The highest BCUT2D eigenvalue weighted by Crippen LogP contribution is 2.27. The summed E-state index contributed by atoms with van der Waals surface area (Å²) in [5.74, 6) is 1.94. The molecule has 6 nitrogen and oxygen atoms in total. The highest BCUT2D eigenvalue weighted by molar-refractivity contribution is 5.92. The molecule has 0 spiro atoms. The summed E-state index contributed by atoms with van der Waals surface area (Å²) < 4.78 is 11.4. The lowest BCUT2D eigenvalue weighted by atomic mass is 9.89. The van der Waals surface area contributed by atoms with Crippen LogP contribution in [-0.2, 0) is 4.74 Å². The SMILES string of the molecule is CN(C)C1(CN=C(N)Nc2cccc(Oc3ccccc3)c2)CCOCC1. The Morgan fingerprint density at radius 1 is 1.11 bits per heavy atom. The second-order valence-corrected chi connectivity index (χ2v) is 7.00. The van der Waals surface area contributed by atoms with E-state index in [4.69, 9.17) is 15.2 Å². The maximum absolute atomic E-state index is 6.13. The van der Waals surface area contributed by atoms with Crippen LogP contribution in [0.3, 0.4) is 0 Å². The molecule has 1 aliphatic rings. The fraction of sp³-hybridized carbons (Fsp3) is 0.381. The number of nitrogens with one attached hydrogen (secondary N) is 1. The van der Waals surface area contributed by atoms with Gasteiger partial charge in [-0.2, -0.15) is 0 Å². The Bertz CT molecular complexity index is 756. The van der Waals surface area contributed by atoms with Crippen molar-refractivity contribution in [3.8, 4) is 11.5 Å². The molecule has 144 valence electrons. The fourth-order valence-electron chi connectivity index (χ4n) is 3.18. The molecular formula is C21H28N4O2. The van der Waals surface area contributed by atoms with Crippen LogP contribution >= 0.6 is 0 Å². The third-order valence-corrected chi connectivity index (χ3v) is 5.00. The van der Waals surface area contributed by atoms with Gasteiger partial charge in [0.15, 0.2) is 5.96 Å². The summed E-state index contributed by atoms with van der Waals surface area (Å²) in [6.07, 6.45) is 1.91. The van der Waals surface area contributed by atoms with Crippen molar-refractivity contribution in [2.24, 2.45) is 10.7 Å². The summed E-state index contributed by atoms with van der Waals surface area (Å²) in [6, 6.07) is 17.4. The van der Waals surface area contributed by atoms with Crippen molar-refractivity contribution in [2.75, 3.05) is 39.2 Å². The number of hydrogen-bond acceptors (Lipinski definition) is 4. The number of hydrogen-bond donors (Lipinski definition) is 2. The highest BCUT2D eigenvalue weighted by atomic mass is 16.5. The molecule has 0 bridgehead atoms. The van der Waals surface area contributed by atoms with Crippen molar-refractivity contribution in [1.82, 2.24) is 4.90 Å². The Morgan fingerprint density at radius 3 is 2.52 bits per heavy atom. The number of para-hydroxylation sites is 1. The minimum absolute atomic E-state index is 0.00280. The van der Waals surface area contributed by atoms with E-state index in [1.165, 1.54) is 0 Å². The standard InChI is InChI=1S/C21H28N4O2/c1-25(2)21(11-13-26-14-12-21)16-23-20(22)24-17-7-6-10-19(15-17)27-18-8-4-3-5-9-18/h3-10,15H,11-14,16H2,1-2H3,(H3,22,23,24). The second kappa shape index (κ2) is 8.88. The van der Waals surface area contributed by atoms with E-state index in [2.05, 4.69) is 29.3 Å². The smallest absolute Gasteiger partial charge is 0.193 e. The number of aliphatic imine (C=N–C) groups is 1. The van der Waals surface area contributed by atoms with E-state index in [-0.39, 0.29) is 5.54 Å². The van der Waals surface area contributed by atoms with Gasteiger partial charge in [-0.25, -0.2) is 0 Å². The molecule has 2 aromatic rings. The van der Waals surface area contributed by atoms with Crippen LogP contribution in [0.25, 0.3) is 0 Å². The molecule has 0 aliphatic carbocycles. The van der Waals surface area contributed by atoms with E-state index < -0.39 is 0 Å². The van der Waals surface area contributed by atoms with E-state index in [0.29, 0.717) is 12.5 Å². The van der Waals surface area contributed by atoms with Gasteiger partial charge in [0, 0.05) is 30.5 Å². The zero-order valence-electron chi connectivity index (χ0n) is 16.0. The van der Waals surface area contributed by atoms with Gasteiger partial charge in [0.25, 0.3) is 0 Å². The van der Waals surface area contributed by atoms with Crippen LogP contribution < -0.4 is 15.8 Å². The monoisotopic (exact) mass is 368 g/mol. The predicted octanol–water partition coefficient (Wildman–Crippen LogP) is 3.32. The Morgan fingerprint density at radius 2 is 1.81 bits per heavy atom. The molecule has 2 aromatic carbocycles. The van der Waals surface area contributed by atoms with E-state index in [1.807, 2.05) is 54.6 Å². The van der Waals surface area contributed by atoms with Gasteiger partial charge in [0.1, 0.15) is 11.5 Å². The van der Waals surface area contributed by atoms with Crippen LogP contribution in [0, 0.1) is 0 Å². The minimum atomic E-state index is 0.00280. The number of anilines is 1. The summed E-state index contributed by atoms with van der Waals surface area (Å²) in [5.41, 5.74) is 6.98. The summed E-state index contributed by atoms with van der Waals surface area (Å²) in [6.45, 7) is 2.17. The van der Waals surface area contributed by atoms with Gasteiger partial charge in [-0.1, -0.05) is 24.3 Å². The first-order valence-corrected chi connectivity index (χ1v) is 9.22. The summed E-state index contributed by atoms with van der Waals surface area (Å²) >= 11 is 0. The molecule has 1 saturated heterocycles. The van der Waals surface area contributed by atoms with E-state index in [9.17, 15) is 0 Å². The van der Waals surface area contributed by atoms with Crippen LogP contribution in [0.2, 0.25) is 0 Å². The number of ether oxygens (including phenoxy) is 2. The first-order valence-electron chi connectivity index (χ1n) is 9.22. The van der Waals surface area contributed by atoms with Crippen LogP contribution in [0.1, 0.15) is 12.8 Å². The summed E-state index contributed by atoms with van der Waals surface area (Å²) in [5, 5.41) is 3.16. The lowest BCUT2D eigenvalue weighted by Gasteiger charge is -2.41. The maximum atomic E-state index is 6.13. The van der Waals surface area contributed by atoms with Gasteiger partial charge in [-0.15, -0.1) is 0 Å². The van der Waals surface area contributed by atoms with E-state index in [0.717, 1.165) is 43.2 Å². The molecule has 3 rings (SSSR count). The molecule has 1 heterocycles. The quantitative estimate of drug-likeness (QED) is 0.604. The Balaban J connectivity index is 1.64. The van der Waals surface area contributed by atoms with Gasteiger partial charge in [-0.3, -0.25) is 4.99 Å². The van der Waals surface area contributed by atoms with Gasteiger partial charge in [-0.05, 0) is 51.2 Å². The van der Waals surface area contributed by atoms with Crippen molar-refractivity contribution in [3.05, 3.63) is 54.6 Å². The molecule has 1 fully saturated rings. The average molecular weight is 368 g/mol. The fourth-order valence-corrected chi connectivity index (χ4v) is 3.18. The molecule has 1 aliphatic heterocycles. The normalized spacial score (nSPS) is 16.9. The van der Waals surface area contributed by atoms with Crippen molar-refractivity contribution in [3.63, 3.8) is 0 Å². The summed E-state index contributed by atoms with van der Waals surface area (Å²) in [4.78, 5) is 6.83. The minimum Gasteiger partial charge on any atom is -0.457 e. The second-order valence-electron chi connectivity index (χ2n) is 7.00. The third-order valence-electron chi connectivity index (χ3n) is 5.00. The molecule has 0 aromatic heterocycles. The van der Waals surface area contributed by atoms with Gasteiger partial charge in [0.05, 0.1) is 6.54 Å². The Labute approximate surface area is 161 Å². The third kappa shape index (κ3) is 5.21. The number of benzene rings is 2. The molecule has 3 N–H and O–H groups in total. The maximum Gasteiger partial charge on any atom is 0.193 e. The average Bonchev–Trinajstić information content (AvgIpc) is 2.68. The molecule has 0 atom stereocenters. The van der Waals surface area contributed by atoms with Gasteiger partial charge in [0.2, 0.25) is 0 Å². The molecule has 0 unspecified atom stereocenters. The number of nitrogens with two attached hydrogens (primary N) is 1. The van der Waals surface area contributed by atoms with Gasteiger partial charge < -0.3 is 25.4 Å². The van der Waals surface area contributed by atoms with Crippen LogP contribution in [0.5, 0.6) is 11.5 Å². The number of guanidine groups is 1. The van der Waals surface area contributed by atoms with Crippen molar-refractivity contribution >= 4 is 11.6 Å². The molecule has 0 saturated carbocycles. The first kappa shape index (κ1) is 19.2. The molecule has 27 heavy (non-hydrogen) atoms. The number of likely N-dealkylation sites (N-methyl/N-ethyl adjacent to an activating group) is 1. The zero-order chi connectivity index (χ0) is 19.1. The largest absolute Gasteiger partial charge is 0.457 e. The molecule has 0 amide bonds. The van der Waals surface area contributed by atoms with Crippen LogP contribution in [0.4, 0.5) is 5.69 Å². The van der Waals surface area contributed by atoms with Crippen LogP contribution in [-0.4, -0.2) is 50.3 Å². The van der Waals surface area contributed by atoms with Crippen LogP contribution in [0.15, 0.2) is 59.6 Å². The first-order chi connectivity index (χ1) is 13.1. The van der Waals surface area contributed by atoms with E-state index >= 15 is 0 Å². The number of nitrogens with zero attached hydrogens (tertiary/aromatic N) is 2. The Hall–Kier alpha value is -2.57. The zero-order valence-corrected chi connectivity index (χ0v) is 16.0. The van der Waals surface area contributed by atoms with Crippen molar-refractivity contribution in [2.45, 2.75) is 18.4 Å². The molecule has 6 heteroatoms. The summed E-state index contributed by atoms with van der Waals surface area (Å²) in [7, 11) is 4.18.